The van der Waals surface area contributed by atoms with Crippen LogP contribution in [-0.4, -0.2) is 46.2 Å². The highest BCUT2D eigenvalue weighted by Gasteiger charge is 2.20. The van der Waals surface area contributed by atoms with Crippen molar-refractivity contribution in [2.45, 2.75) is 32.2 Å². The highest BCUT2D eigenvalue weighted by molar-refractivity contribution is 6.09. The second kappa shape index (κ2) is 18.2. The van der Waals surface area contributed by atoms with Crippen LogP contribution in [0.4, 0.5) is 11.4 Å². The summed E-state index contributed by atoms with van der Waals surface area (Å²) in [6, 6.07) is 39.7. The molecule has 3 aromatic heterocycles. The average Bonchev–Trinajstić information content (AvgIpc) is 3.62. The number of hydrogen-bond acceptors (Lipinski definition) is 8. The van der Waals surface area contributed by atoms with Gasteiger partial charge in [-0.05, 0) is 55.5 Å². The molecule has 7 aromatic rings. The van der Waals surface area contributed by atoms with Gasteiger partial charge in [0.2, 0.25) is 11.0 Å². The minimum Gasteiger partial charge on any atom is -0.493 e. The number of nitrogens with zero attached hydrogens (tertiary/aromatic N) is 6. The van der Waals surface area contributed by atoms with E-state index in [4.69, 9.17) is 4.74 Å². The first-order valence-corrected chi connectivity index (χ1v) is 20.3. The fourth-order valence-electron chi connectivity index (χ4n) is 7.48. The average molecular weight is 812 g/mol. The topological polar surface area (TPSA) is 127 Å². The third-order valence-electron chi connectivity index (χ3n) is 10.6. The van der Waals surface area contributed by atoms with Crippen LogP contribution in [0.25, 0.3) is 21.8 Å². The van der Waals surface area contributed by atoms with Gasteiger partial charge in [0.15, 0.2) is 18.2 Å². The second-order valence-corrected chi connectivity index (χ2v) is 15.2. The van der Waals surface area contributed by atoms with Crippen LogP contribution in [0.3, 0.4) is 0 Å². The molecule has 1 amide bonds. The normalized spacial score (nSPS) is 12.8. The molecule has 12 heteroatoms. The van der Waals surface area contributed by atoms with E-state index in [1.54, 1.807) is 18.3 Å². The van der Waals surface area contributed by atoms with Gasteiger partial charge in [-0.25, -0.2) is 9.98 Å². The van der Waals surface area contributed by atoms with E-state index in [0.717, 1.165) is 58.7 Å². The molecule has 0 aliphatic carbocycles. The maximum atomic E-state index is 13.7. The van der Waals surface area contributed by atoms with Crippen LogP contribution in [0, 0.1) is 0 Å². The number of anilines is 1. The van der Waals surface area contributed by atoms with Crippen molar-refractivity contribution in [1.29, 1.82) is 0 Å². The molecular formula is C49H47N8O4+2. The van der Waals surface area contributed by atoms with Crippen molar-refractivity contribution < 1.29 is 28.6 Å². The molecule has 1 radical (unpaired) electrons. The van der Waals surface area contributed by atoms with Gasteiger partial charge in [-0.15, -0.1) is 5.53 Å². The van der Waals surface area contributed by atoms with E-state index in [1.807, 2.05) is 162 Å². The summed E-state index contributed by atoms with van der Waals surface area (Å²) in [4.78, 5) is 35.4. The molecule has 8 rings (SSSR count). The fraction of sp³-hybridized carbons (Fsp3) is 0.184. The van der Waals surface area contributed by atoms with E-state index in [-0.39, 0.29) is 17.2 Å². The Labute approximate surface area is 354 Å². The van der Waals surface area contributed by atoms with E-state index in [2.05, 4.69) is 27.0 Å². The molecule has 305 valence electrons. The zero-order valence-electron chi connectivity index (χ0n) is 34.4. The molecule has 0 saturated heterocycles. The van der Waals surface area contributed by atoms with Gasteiger partial charge in [0.1, 0.15) is 42.6 Å². The second-order valence-electron chi connectivity index (χ2n) is 15.2. The van der Waals surface area contributed by atoms with Crippen molar-refractivity contribution in [3.05, 3.63) is 180 Å². The first kappa shape index (κ1) is 40.3. The van der Waals surface area contributed by atoms with E-state index < -0.39 is 11.8 Å². The quantitative estimate of drug-likeness (QED) is 0.0358. The third kappa shape index (κ3) is 9.72. The SMILES string of the molecule is CN1NN(Cc2ccc(C(=O)c3ccccc3)cc2)C=C1CCCCCOc1cc(C(=O)Nc2cc3ccccc3[n+](C)c2)nc(C([O])=Nc2cc3ccccc3[n+](C)c2)c1. The number of aliphatic imine (C=N–C) groups is 1. The number of unbranched alkanes of at least 4 members (excludes halogenated alkanes) is 2. The summed E-state index contributed by atoms with van der Waals surface area (Å²) in [6.45, 7) is 1.03. The number of allylic oxidation sites excluding steroid dienone is 1. The number of hydrogen-bond donors (Lipinski definition) is 2. The predicted octanol–water partition coefficient (Wildman–Crippen LogP) is 7.68. The Morgan fingerprint density at radius 1 is 0.754 bits per heavy atom. The van der Waals surface area contributed by atoms with Gasteiger partial charge in [0.25, 0.3) is 11.8 Å². The number of ether oxygens (including phenoxy) is 1. The number of carbonyl (C=O) groups excluding carboxylic acids is 2. The number of aromatic nitrogens is 3. The zero-order valence-corrected chi connectivity index (χ0v) is 34.4. The number of amides is 1. The van der Waals surface area contributed by atoms with Gasteiger partial charge in [-0.1, -0.05) is 78.9 Å². The first-order chi connectivity index (χ1) is 29.7. The molecule has 0 fully saturated rings. The summed E-state index contributed by atoms with van der Waals surface area (Å²) in [6.07, 6.45) is 9.21. The maximum absolute atomic E-state index is 13.7. The highest BCUT2D eigenvalue weighted by atomic mass is 16.5. The Hall–Kier alpha value is -7.44. The molecule has 12 nitrogen and oxygen atoms in total. The maximum Gasteiger partial charge on any atom is 0.296 e. The lowest BCUT2D eigenvalue weighted by atomic mass is 10.0. The third-order valence-corrected chi connectivity index (χ3v) is 10.6. The number of pyridine rings is 3. The molecule has 0 bridgehead atoms. The van der Waals surface area contributed by atoms with Gasteiger partial charge >= 0.3 is 0 Å². The van der Waals surface area contributed by atoms with E-state index in [0.29, 0.717) is 41.4 Å². The van der Waals surface area contributed by atoms with Gasteiger partial charge in [0, 0.05) is 65.1 Å². The van der Waals surface area contributed by atoms with Crippen molar-refractivity contribution in [2.75, 3.05) is 19.0 Å². The van der Waals surface area contributed by atoms with Crippen LogP contribution < -0.4 is 24.7 Å². The fourth-order valence-corrected chi connectivity index (χ4v) is 7.48. The van der Waals surface area contributed by atoms with Crippen molar-refractivity contribution in [3.8, 4) is 5.75 Å². The Balaban J connectivity index is 0.901. The summed E-state index contributed by atoms with van der Waals surface area (Å²) in [7, 11) is 5.82. The van der Waals surface area contributed by atoms with Gasteiger partial charge in [-0.2, -0.15) is 9.13 Å². The lowest BCUT2D eigenvalue weighted by Crippen LogP contribution is -2.37. The lowest BCUT2D eigenvalue weighted by molar-refractivity contribution is -0.644. The van der Waals surface area contributed by atoms with Gasteiger partial charge in [0.05, 0.1) is 13.2 Å². The molecule has 0 saturated carbocycles. The Morgan fingerprint density at radius 3 is 2.16 bits per heavy atom. The molecule has 61 heavy (non-hydrogen) atoms. The molecule has 0 atom stereocenters. The monoisotopic (exact) mass is 811 g/mol. The molecule has 1 aliphatic heterocycles. The summed E-state index contributed by atoms with van der Waals surface area (Å²) in [5.41, 5.74) is 10.1. The molecule has 4 aromatic carbocycles. The lowest BCUT2D eigenvalue weighted by Gasteiger charge is -2.21. The van der Waals surface area contributed by atoms with Crippen molar-refractivity contribution in [2.24, 2.45) is 19.1 Å². The largest absolute Gasteiger partial charge is 0.493 e. The number of nitrogens with one attached hydrogen (secondary N) is 2. The summed E-state index contributed by atoms with van der Waals surface area (Å²) in [5, 5.41) is 22.6. The van der Waals surface area contributed by atoms with Crippen LogP contribution in [0.2, 0.25) is 0 Å². The van der Waals surface area contributed by atoms with Crippen LogP contribution in [0.15, 0.2) is 157 Å². The summed E-state index contributed by atoms with van der Waals surface area (Å²) in [5.74, 6) is -0.684. The van der Waals surface area contributed by atoms with Crippen molar-refractivity contribution >= 4 is 50.8 Å². The number of aryl methyl sites for hydroxylation is 2. The standard InChI is InChI=1S/C49H46N8O4/c1-54-31-39(26-37-16-9-11-19-45(37)54)50-48(59)43-28-42(29-44(52-43)49(60)51-40-27-38-17-10-12-20-46(38)55(2)32-40)61-25-13-5-8-18-41-33-57(53-56(41)3)30-34-21-23-36(24-22-34)47(58)35-14-6-4-7-15-35/h4,6-7,9-12,14-17,19-24,26-29,31-33,53H,5,8,13,18,25,30H2,1-3H3/q+1/p+1. The number of hydrazine groups is 2. The van der Waals surface area contributed by atoms with Crippen molar-refractivity contribution in [1.82, 2.24) is 20.5 Å². The van der Waals surface area contributed by atoms with E-state index in [1.165, 1.54) is 0 Å². The number of benzene rings is 4. The molecule has 2 N–H and O–H groups in total. The number of rotatable bonds is 15. The Bertz CT molecular complexity index is 2790. The number of fused-ring (bicyclic) bond motifs is 2. The molecule has 0 unspecified atom stereocenters. The van der Waals surface area contributed by atoms with Crippen LogP contribution in [0.1, 0.15) is 63.4 Å². The summed E-state index contributed by atoms with van der Waals surface area (Å²) >= 11 is 0. The predicted molar refractivity (Wildman–Crippen MR) is 234 cm³/mol. The smallest absolute Gasteiger partial charge is 0.296 e. The first-order valence-electron chi connectivity index (χ1n) is 20.3. The molecule has 4 heterocycles. The van der Waals surface area contributed by atoms with E-state index >= 15 is 0 Å². The number of para-hydroxylation sites is 2. The minimum atomic E-state index is -0.585. The van der Waals surface area contributed by atoms with Crippen LogP contribution in [-0.2, 0) is 25.7 Å². The molecular weight excluding hydrogens is 765 g/mol. The van der Waals surface area contributed by atoms with Crippen molar-refractivity contribution in [3.63, 3.8) is 0 Å². The highest BCUT2D eigenvalue weighted by Crippen LogP contribution is 2.23. The van der Waals surface area contributed by atoms with Gasteiger partial charge < -0.3 is 10.1 Å². The molecule has 0 spiro atoms. The van der Waals surface area contributed by atoms with E-state index in [9.17, 15) is 14.7 Å². The minimum absolute atomic E-state index is 0.00686. The Morgan fingerprint density at radius 2 is 1.41 bits per heavy atom. The number of carbonyl (C=O) groups is 2. The van der Waals surface area contributed by atoms with Gasteiger partial charge in [-0.3, -0.25) is 24.7 Å². The van der Waals surface area contributed by atoms with Crippen LogP contribution in [0.5, 0.6) is 5.75 Å². The zero-order chi connectivity index (χ0) is 42.3. The summed E-state index contributed by atoms with van der Waals surface area (Å²) < 4.78 is 10.0. The molecule has 1 aliphatic rings. The number of ketones is 1. The van der Waals surface area contributed by atoms with Crippen LogP contribution >= 0.6 is 0 Å². The Kier molecular flexibility index (Phi) is 12.1.